The Bertz CT molecular complexity index is 1020. The second kappa shape index (κ2) is 6.08. The van der Waals surface area contributed by atoms with Crippen molar-refractivity contribution in [2.45, 2.75) is 38.0 Å². The van der Waals surface area contributed by atoms with Gasteiger partial charge in [0.05, 0.1) is 16.8 Å². The van der Waals surface area contributed by atoms with Crippen LogP contribution < -0.4 is 16.6 Å². The van der Waals surface area contributed by atoms with E-state index in [1.807, 2.05) is 0 Å². The number of pyridine rings is 1. The summed E-state index contributed by atoms with van der Waals surface area (Å²) in [7, 11) is 0. The Kier molecular flexibility index (Phi) is 4.02. The van der Waals surface area contributed by atoms with Crippen molar-refractivity contribution in [3.8, 4) is 0 Å². The second-order valence-electron chi connectivity index (χ2n) is 7.43. The first-order valence-electron chi connectivity index (χ1n) is 8.77. The number of nitrogens with one attached hydrogen (secondary N) is 1. The summed E-state index contributed by atoms with van der Waals surface area (Å²) >= 11 is 0. The topological polar surface area (TPSA) is 77.1 Å². The van der Waals surface area contributed by atoms with Crippen molar-refractivity contribution in [3.63, 3.8) is 0 Å². The fraction of sp³-hybridized carbons (Fsp3) is 0.368. The lowest BCUT2D eigenvalue weighted by atomic mass is 10.1. The number of halogens is 4. The maximum Gasteiger partial charge on any atom is 0.419 e. The molecule has 1 unspecified atom stereocenters. The number of nitrogens with two attached hydrogens (primary N) is 1. The summed E-state index contributed by atoms with van der Waals surface area (Å²) in [6.45, 7) is -0.444. The second-order valence-corrected chi connectivity index (χ2v) is 7.43. The van der Waals surface area contributed by atoms with Crippen LogP contribution in [0.25, 0.3) is 0 Å². The van der Waals surface area contributed by atoms with Gasteiger partial charge in [0.15, 0.2) is 0 Å². The van der Waals surface area contributed by atoms with E-state index in [2.05, 4.69) is 5.32 Å². The molecule has 2 saturated carbocycles. The minimum absolute atomic E-state index is 0.0336. The summed E-state index contributed by atoms with van der Waals surface area (Å²) in [5.74, 6) is -2.12. The van der Waals surface area contributed by atoms with Gasteiger partial charge in [0, 0.05) is 30.4 Å². The Balaban J connectivity index is 1.54. The Labute approximate surface area is 157 Å². The number of hydrogen-bond donors (Lipinski definition) is 2. The van der Waals surface area contributed by atoms with Gasteiger partial charge in [0.25, 0.3) is 11.5 Å². The number of alkyl halides is 3. The highest BCUT2D eigenvalue weighted by Crippen LogP contribution is 2.72. The third-order valence-corrected chi connectivity index (χ3v) is 5.56. The van der Waals surface area contributed by atoms with Crippen molar-refractivity contribution in [1.82, 2.24) is 9.88 Å². The van der Waals surface area contributed by atoms with Gasteiger partial charge >= 0.3 is 6.18 Å². The lowest BCUT2D eigenvalue weighted by Crippen LogP contribution is -2.28. The van der Waals surface area contributed by atoms with E-state index < -0.39 is 30.0 Å². The number of anilines is 1. The Morgan fingerprint density at radius 3 is 2.64 bits per heavy atom. The third-order valence-electron chi connectivity index (χ3n) is 5.56. The molecule has 1 heterocycles. The molecule has 28 heavy (non-hydrogen) atoms. The van der Waals surface area contributed by atoms with Gasteiger partial charge in [-0.1, -0.05) is 12.1 Å². The number of nitrogen functional groups attached to an aromatic ring is 1. The van der Waals surface area contributed by atoms with Gasteiger partial charge in [-0.15, -0.1) is 0 Å². The molecule has 3 N–H and O–H groups in total. The smallest absolute Gasteiger partial charge is 0.398 e. The van der Waals surface area contributed by atoms with Crippen molar-refractivity contribution >= 4 is 11.6 Å². The van der Waals surface area contributed by atoms with Crippen LogP contribution >= 0.6 is 0 Å². The standard InChI is InChI=1S/C19H17F4N3O2/c20-16-10(2-1-3-12(16)19(21,22)23)8-25-17(28)11-9-26(15(27)6-13(11)24)14-7-18(14)4-5-18/h1-3,6,9,14H,4-5,7-8,24H2,(H,25,28). The Morgan fingerprint density at radius 2 is 2.04 bits per heavy atom. The number of carbonyl (C=O) groups excluding carboxylic acids is 1. The van der Waals surface area contributed by atoms with Crippen LogP contribution in [0.5, 0.6) is 0 Å². The number of carbonyl (C=O) groups is 1. The van der Waals surface area contributed by atoms with E-state index >= 15 is 0 Å². The molecule has 2 aliphatic carbocycles. The summed E-state index contributed by atoms with van der Waals surface area (Å²) in [6, 6.07) is 4.08. The van der Waals surface area contributed by atoms with E-state index in [9.17, 15) is 27.2 Å². The van der Waals surface area contributed by atoms with Gasteiger partial charge in [-0.25, -0.2) is 4.39 Å². The molecule has 0 radical (unpaired) electrons. The number of aromatic nitrogens is 1. The van der Waals surface area contributed by atoms with Gasteiger partial charge in [0.2, 0.25) is 0 Å². The first-order chi connectivity index (χ1) is 13.1. The molecule has 148 valence electrons. The van der Waals surface area contributed by atoms with Gasteiger partial charge < -0.3 is 15.6 Å². The summed E-state index contributed by atoms with van der Waals surface area (Å²) in [5, 5.41) is 2.38. The first kappa shape index (κ1) is 18.5. The monoisotopic (exact) mass is 395 g/mol. The lowest BCUT2D eigenvalue weighted by Gasteiger charge is -2.13. The highest BCUT2D eigenvalue weighted by atomic mass is 19.4. The minimum atomic E-state index is -4.83. The Morgan fingerprint density at radius 1 is 1.32 bits per heavy atom. The normalized spacial score (nSPS) is 19.5. The van der Waals surface area contributed by atoms with Crippen LogP contribution in [-0.2, 0) is 12.7 Å². The number of nitrogens with zero attached hydrogens (tertiary/aromatic N) is 1. The zero-order valence-electron chi connectivity index (χ0n) is 14.6. The molecule has 1 aromatic carbocycles. The third kappa shape index (κ3) is 3.14. The van der Waals surface area contributed by atoms with Crippen molar-refractivity contribution < 1.29 is 22.4 Å². The van der Waals surface area contributed by atoms with Crippen molar-refractivity contribution in [2.75, 3.05) is 5.73 Å². The van der Waals surface area contributed by atoms with E-state index in [-0.39, 0.29) is 33.8 Å². The molecule has 2 aromatic rings. The van der Waals surface area contributed by atoms with Gasteiger partial charge in [-0.3, -0.25) is 9.59 Å². The molecule has 5 nitrogen and oxygen atoms in total. The molecular formula is C19H17F4N3O2. The minimum Gasteiger partial charge on any atom is -0.398 e. The molecule has 2 fully saturated rings. The summed E-state index contributed by atoms with van der Waals surface area (Å²) in [4.78, 5) is 24.6. The quantitative estimate of drug-likeness (QED) is 0.781. The Hall–Kier alpha value is -2.84. The molecule has 1 spiro atoms. The molecular weight excluding hydrogens is 378 g/mol. The number of amides is 1. The van der Waals surface area contributed by atoms with Crippen molar-refractivity contribution in [3.05, 3.63) is 63.3 Å². The molecule has 0 aliphatic heterocycles. The number of rotatable bonds is 4. The van der Waals surface area contributed by atoms with Gasteiger partial charge in [-0.05, 0) is 30.7 Å². The van der Waals surface area contributed by atoms with E-state index in [0.717, 1.165) is 37.5 Å². The van der Waals surface area contributed by atoms with E-state index in [1.165, 1.54) is 10.8 Å². The summed E-state index contributed by atoms with van der Waals surface area (Å²) < 4.78 is 54.0. The maximum atomic E-state index is 14.1. The average Bonchev–Trinajstić information content (AvgIpc) is 3.52. The predicted molar refractivity (Wildman–Crippen MR) is 93.0 cm³/mol. The summed E-state index contributed by atoms with van der Waals surface area (Å²) in [6.07, 6.45) is -0.469. The maximum absolute atomic E-state index is 14.1. The predicted octanol–water partition coefficient (Wildman–Crippen LogP) is 3.24. The van der Waals surface area contributed by atoms with E-state index in [0.29, 0.717) is 6.07 Å². The molecule has 1 aromatic heterocycles. The van der Waals surface area contributed by atoms with Crippen LogP contribution in [0.15, 0.2) is 35.3 Å². The van der Waals surface area contributed by atoms with Crippen LogP contribution in [0, 0.1) is 11.2 Å². The fourth-order valence-corrected chi connectivity index (χ4v) is 3.62. The number of hydrogen-bond acceptors (Lipinski definition) is 3. The van der Waals surface area contributed by atoms with Crippen LogP contribution in [0.3, 0.4) is 0 Å². The largest absolute Gasteiger partial charge is 0.419 e. The van der Waals surface area contributed by atoms with Crippen molar-refractivity contribution in [1.29, 1.82) is 0 Å². The van der Waals surface area contributed by atoms with Crippen LogP contribution in [0.4, 0.5) is 23.2 Å². The zero-order chi connectivity index (χ0) is 20.3. The molecule has 4 rings (SSSR count). The van der Waals surface area contributed by atoms with Gasteiger partial charge in [0.1, 0.15) is 5.82 Å². The van der Waals surface area contributed by atoms with E-state index in [4.69, 9.17) is 5.73 Å². The van der Waals surface area contributed by atoms with Crippen LogP contribution in [0.2, 0.25) is 0 Å². The van der Waals surface area contributed by atoms with E-state index in [1.54, 1.807) is 0 Å². The molecule has 9 heteroatoms. The fourth-order valence-electron chi connectivity index (χ4n) is 3.62. The van der Waals surface area contributed by atoms with Crippen LogP contribution in [-0.4, -0.2) is 10.5 Å². The number of benzene rings is 1. The van der Waals surface area contributed by atoms with Crippen molar-refractivity contribution in [2.24, 2.45) is 5.41 Å². The average molecular weight is 395 g/mol. The molecule has 2 aliphatic rings. The van der Waals surface area contributed by atoms with Gasteiger partial charge in [-0.2, -0.15) is 13.2 Å². The molecule has 1 atom stereocenters. The summed E-state index contributed by atoms with van der Waals surface area (Å²) in [5.41, 5.74) is 3.97. The molecule has 0 saturated heterocycles. The SMILES string of the molecule is Nc1cc(=O)n(C2CC23CC3)cc1C(=O)NCc1cccc(C(F)(F)F)c1F. The molecule has 0 bridgehead atoms. The first-order valence-corrected chi connectivity index (χ1v) is 8.77. The lowest BCUT2D eigenvalue weighted by molar-refractivity contribution is -0.140. The highest BCUT2D eigenvalue weighted by Gasteiger charge is 2.64. The highest BCUT2D eigenvalue weighted by molar-refractivity contribution is 5.98. The zero-order valence-corrected chi connectivity index (χ0v) is 14.6. The van der Waals surface area contributed by atoms with Crippen LogP contribution in [0.1, 0.15) is 46.8 Å². The molecule has 1 amide bonds.